The molecule has 0 atom stereocenters. The van der Waals surface area contributed by atoms with Crippen LogP contribution < -0.4 is 10.1 Å². The van der Waals surface area contributed by atoms with Gasteiger partial charge < -0.3 is 10.1 Å². The van der Waals surface area contributed by atoms with E-state index in [1.807, 2.05) is 19.1 Å². The van der Waals surface area contributed by atoms with Gasteiger partial charge in [-0.3, -0.25) is 0 Å². The molecule has 2 aromatic rings. The summed E-state index contributed by atoms with van der Waals surface area (Å²) in [6.07, 6.45) is 1.67. The summed E-state index contributed by atoms with van der Waals surface area (Å²) in [5.74, 6) is 0.205. The Labute approximate surface area is 125 Å². The molecule has 1 aromatic carbocycles. The molecule has 0 aliphatic rings. The molecule has 1 aromatic heterocycles. The second-order valence-electron chi connectivity index (χ2n) is 6.14. The van der Waals surface area contributed by atoms with Crippen LogP contribution in [-0.4, -0.2) is 10.5 Å². The Morgan fingerprint density at radius 2 is 1.95 bits per heavy atom. The van der Waals surface area contributed by atoms with Gasteiger partial charge in [0.1, 0.15) is 0 Å². The minimum absolute atomic E-state index is 0.0347. The molecule has 0 amide bonds. The van der Waals surface area contributed by atoms with Gasteiger partial charge >= 0.3 is 0 Å². The zero-order valence-corrected chi connectivity index (χ0v) is 12.9. The zero-order chi connectivity index (χ0) is 15.5. The number of hydrogen-bond donors (Lipinski definition) is 1. The number of pyridine rings is 1. The lowest BCUT2D eigenvalue weighted by Gasteiger charge is -2.20. The van der Waals surface area contributed by atoms with E-state index in [0.717, 1.165) is 11.1 Å². The molecule has 21 heavy (non-hydrogen) atoms. The van der Waals surface area contributed by atoms with Crippen LogP contribution in [-0.2, 0) is 6.54 Å². The van der Waals surface area contributed by atoms with Crippen molar-refractivity contribution >= 4 is 0 Å². The topological polar surface area (TPSA) is 34.1 Å². The second-order valence-corrected chi connectivity index (χ2v) is 6.14. The highest BCUT2D eigenvalue weighted by Gasteiger charge is 2.10. The Bertz CT molecular complexity index is 620. The van der Waals surface area contributed by atoms with Gasteiger partial charge in [-0.2, -0.15) is 0 Å². The number of halogens is 1. The lowest BCUT2D eigenvalue weighted by Crippen LogP contribution is -2.35. The number of aromatic nitrogens is 1. The van der Waals surface area contributed by atoms with E-state index >= 15 is 0 Å². The first-order valence-electron chi connectivity index (χ1n) is 6.97. The largest absolute Gasteiger partial charge is 0.436 e. The zero-order valence-electron chi connectivity index (χ0n) is 12.9. The van der Waals surface area contributed by atoms with E-state index in [1.54, 1.807) is 18.3 Å². The van der Waals surface area contributed by atoms with Crippen LogP contribution in [0.25, 0.3) is 0 Å². The fourth-order valence-corrected chi connectivity index (χ4v) is 1.78. The SMILES string of the molecule is Cc1ccc(F)c(Oc2cc(CNC(C)(C)C)ccn2)c1. The molecule has 0 saturated heterocycles. The molecule has 4 heteroatoms. The Morgan fingerprint density at radius 3 is 2.67 bits per heavy atom. The van der Waals surface area contributed by atoms with Crippen LogP contribution in [0.1, 0.15) is 31.9 Å². The standard InChI is InChI=1S/C17H21FN2O/c1-12-5-6-14(18)15(9-12)21-16-10-13(7-8-19-16)11-20-17(2,3)4/h5-10,20H,11H2,1-4H3. The molecule has 0 spiro atoms. The average Bonchev–Trinajstić information content (AvgIpc) is 2.40. The minimum Gasteiger partial charge on any atom is -0.436 e. The summed E-state index contributed by atoms with van der Waals surface area (Å²) >= 11 is 0. The first-order valence-corrected chi connectivity index (χ1v) is 6.97. The first-order chi connectivity index (χ1) is 9.83. The fourth-order valence-electron chi connectivity index (χ4n) is 1.78. The lowest BCUT2D eigenvalue weighted by molar-refractivity contribution is 0.416. The number of rotatable bonds is 4. The summed E-state index contributed by atoms with van der Waals surface area (Å²) in [7, 11) is 0. The van der Waals surface area contributed by atoms with E-state index in [1.165, 1.54) is 6.07 Å². The average molecular weight is 288 g/mol. The minimum atomic E-state index is -0.388. The van der Waals surface area contributed by atoms with Crippen LogP contribution in [0.15, 0.2) is 36.5 Å². The third-order valence-electron chi connectivity index (χ3n) is 2.92. The van der Waals surface area contributed by atoms with Crippen molar-refractivity contribution in [2.75, 3.05) is 0 Å². The Balaban J connectivity index is 2.12. The molecule has 2 rings (SSSR count). The number of hydrogen-bond acceptors (Lipinski definition) is 3. The normalized spacial score (nSPS) is 11.5. The molecule has 0 unspecified atom stereocenters. The molecule has 0 radical (unpaired) electrons. The van der Waals surface area contributed by atoms with E-state index in [2.05, 4.69) is 31.1 Å². The molecular formula is C17H21FN2O. The smallest absolute Gasteiger partial charge is 0.219 e. The Kier molecular flexibility index (Phi) is 4.58. The molecule has 0 fully saturated rings. The van der Waals surface area contributed by atoms with Gasteiger partial charge in [-0.05, 0) is 57.0 Å². The quantitative estimate of drug-likeness (QED) is 0.915. The fraction of sp³-hybridized carbons (Fsp3) is 0.353. The molecule has 0 aliphatic carbocycles. The van der Waals surface area contributed by atoms with E-state index in [-0.39, 0.29) is 17.1 Å². The molecular weight excluding hydrogens is 267 g/mol. The lowest BCUT2D eigenvalue weighted by atomic mass is 10.1. The van der Waals surface area contributed by atoms with Crippen molar-refractivity contribution in [1.29, 1.82) is 0 Å². The summed E-state index contributed by atoms with van der Waals surface area (Å²) in [4.78, 5) is 4.13. The summed E-state index contributed by atoms with van der Waals surface area (Å²) in [5.41, 5.74) is 2.02. The van der Waals surface area contributed by atoms with Gasteiger partial charge in [0.05, 0.1) is 0 Å². The van der Waals surface area contributed by atoms with Crippen molar-refractivity contribution < 1.29 is 9.13 Å². The van der Waals surface area contributed by atoms with Crippen molar-refractivity contribution in [3.63, 3.8) is 0 Å². The molecule has 0 aliphatic heterocycles. The highest BCUT2D eigenvalue weighted by molar-refractivity contribution is 5.33. The van der Waals surface area contributed by atoms with Crippen molar-refractivity contribution in [2.45, 2.75) is 39.8 Å². The highest BCUT2D eigenvalue weighted by atomic mass is 19.1. The Hall–Kier alpha value is -1.94. The molecule has 1 heterocycles. The van der Waals surface area contributed by atoms with Gasteiger partial charge in [-0.15, -0.1) is 0 Å². The van der Waals surface area contributed by atoms with Crippen LogP contribution >= 0.6 is 0 Å². The molecule has 0 saturated carbocycles. The van der Waals surface area contributed by atoms with Crippen molar-refractivity contribution in [2.24, 2.45) is 0 Å². The number of aryl methyl sites for hydroxylation is 1. The predicted molar refractivity (Wildman–Crippen MR) is 82.0 cm³/mol. The van der Waals surface area contributed by atoms with Crippen LogP contribution in [0.3, 0.4) is 0 Å². The van der Waals surface area contributed by atoms with E-state index in [4.69, 9.17) is 4.74 Å². The maximum atomic E-state index is 13.7. The van der Waals surface area contributed by atoms with E-state index in [9.17, 15) is 4.39 Å². The molecule has 0 bridgehead atoms. The van der Waals surface area contributed by atoms with Crippen molar-refractivity contribution in [3.05, 3.63) is 53.5 Å². The maximum Gasteiger partial charge on any atom is 0.219 e. The number of ether oxygens (including phenoxy) is 1. The molecule has 112 valence electrons. The third-order valence-corrected chi connectivity index (χ3v) is 2.92. The van der Waals surface area contributed by atoms with Crippen molar-refractivity contribution in [1.82, 2.24) is 10.3 Å². The molecule has 1 N–H and O–H groups in total. The van der Waals surface area contributed by atoms with Gasteiger partial charge in [0.2, 0.25) is 5.88 Å². The van der Waals surface area contributed by atoms with Crippen molar-refractivity contribution in [3.8, 4) is 11.6 Å². The number of nitrogens with one attached hydrogen (secondary N) is 1. The van der Waals surface area contributed by atoms with E-state index < -0.39 is 0 Å². The highest BCUT2D eigenvalue weighted by Crippen LogP contribution is 2.24. The summed E-state index contributed by atoms with van der Waals surface area (Å²) in [5, 5.41) is 3.39. The van der Waals surface area contributed by atoms with Gasteiger partial charge in [-0.1, -0.05) is 6.07 Å². The summed E-state index contributed by atoms with van der Waals surface area (Å²) in [6, 6.07) is 8.50. The number of benzene rings is 1. The first kappa shape index (κ1) is 15.4. The predicted octanol–water partition coefficient (Wildman–Crippen LogP) is 4.21. The molecule has 3 nitrogen and oxygen atoms in total. The summed E-state index contributed by atoms with van der Waals surface area (Å²) in [6.45, 7) is 8.91. The second kappa shape index (κ2) is 6.22. The van der Waals surface area contributed by atoms with E-state index in [0.29, 0.717) is 12.4 Å². The van der Waals surface area contributed by atoms with Crippen LogP contribution in [0.5, 0.6) is 11.6 Å². The summed E-state index contributed by atoms with van der Waals surface area (Å²) < 4.78 is 19.2. The van der Waals surface area contributed by atoms with Gasteiger partial charge in [0.25, 0.3) is 0 Å². The van der Waals surface area contributed by atoms with Gasteiger partial charge in [0.15, 0.2) is 11.6 Å². The third kappa shape index (κ3) is 4.83. The van der Waals surface area contributed by atoms with Crippen LogP contribution in [0.4, 0.5) is 4.39 Å². The maximum absolute atomic E-state index is 13.7. The number of nitrogens with zero attached hydrogens (tertiary/aromatic N) is 1. The monoisotopic (exact) mass is 288 g/mol. The van der Waals surface area contributed by atoms with Gasteiger partial charge in [-0.25, -0.2) is 9.37 Å². The van der Waals surface area contributed by atoms with Gasteiger partial charge in [0, 0.05) is 24.3 Å². The van der Waals surface area contributed by atoms with Crippen LogP contribution in [0, 0.1) is 12.7 Å². The van der Waals surface area contributed by atoms with Crippen LogP contribution in [0.2, 0.25) is 0 Å². The Morgan fingerprint density at radius 1 is 1.19 bits per heavy atom.